The molecular weight excluding hydrogens is 196 g/mol. The Hall–Kier alpha value is 0.260. The predicted molar refractivity (Wildman–Crippen MR) is 50.7 cm³/mol. The fraction of sp³-hybridized carbons (Fsp3) is 1.00. The Labute approximate surface area is 77.5 Å². The van der Waals surface area contributed by atoms with E-state index in [1.54, 1.807) is 13.8 Å². The topological polar surface area (TPSA) is 54.4 Å². The summed E-state index contributed by atoms with van der Waals surface area (Å²) < 4.78 is 22.3. The Balaban J connectivity index is 2.84. The van der Waals surface area contributed by atoms with Crippen LogP contribution >= 0.6 is 0 Å². The van der Waals surface area contributed by atoms with Crippen LogP contribution in [0.5, 0.6) is 0 Å². The number of rotatable bonds is 1. The Morgan fingerprint density at radius 1 is 1.25 bits per heavy atom. The van der Waals surface area contributed by atoms with Crippen molar-refractivity contribution in [2.45, 2.75) is 30.5 Å². The molecule has 0 unspecified atom stereocenters. The van der Waals surface area contributed by atoms with E-state index in [4.69, 9.17) is 0 Å². The average Bonchev–Trinajstić information content (AvgIpc) is 1.82. The van der Waals surface area contributed by atoms with Gasteiger partial charge in [0.2, 0.25) is 0 Å². The van der Waals surface area contributed by atoms with Gasteiger partial charge in [-0.15, -0.1) is 0 Å². The van der Waals surface area contributed by atoms with Crippen LogP contribution in [0.25, 0.3) is 0 Å². The van der Waals surface area contributed by atoms with Gasteiger partial charge in [0, 0.05) is 33.1 Å². The van der Waals surface area contributed by atoms with Crippen molar-refractivity contribution in [3.05, 3.63) is 0 Å². The van der Waals surface area contributed by atoms with Gasteiger partial charge in [-0.1, -0.05) is 0 Å². The molecule has 0 bridgehead atoms. The summed E-state index contributed by atoms with van der Waals surface area (Å²) in [6.45, 7) is 3.14. The van der Waals surface area contributed by atoms with Crippen LogP contribution in [0, 0.1) is 0 Å². The van der Waals surface area contributed by atoms with Gasteiger partial charge in [0.15, 0.2) is 0 Å². The van der Waals surface area contributed by atoms with Crippen molar-refractivity contribution in [2.24, 2.45) is 0 Å². The van der Waals surface area contributed by atoms with Crippen LogP contribution < -0.4 is 0 Å². The van der Waals surface area contributed by atoms with Gasteiger partial charge in [-0.05, 0) is 20.3 Å². The van der Waals surface area contributed by atoms with Crippen molar-refractivity contribution in [2.75, 3.05) is 11.5 Å². The molecule has 1 aliphatic rings. The van der Waals surface area contributed by atoms with E-state index < -0.39 is 31.8 Å². The second-order valence-corrected chi connectivity index (χ2v) is 7.09. The van der Waals surface area contributed by atoms with E-state index in [0.717, 1.165) is 6.42 Å². The summed E-state index contributed by atoms with van der Waals surface area (Å²) >= 11 is 0. The minimum Gasteiger partial charge on any atom is -0.388 e. The summed E-state index contributed by atoms with van der Waals surface area (Å²) in [7, 11) is -2.26. The third-order valence-corrected chi connectivity index (χ3v) is 6.52. The lowest BCUT2D eigenvalue weighted by Crippen LogP contribution is -2.46. The average molecular weight is 210 g/mol. The van der Waals surface area contributed by atoms with E-state index in [0.29, 0.717) is 11.5 Å². The maximum atomic E-state index is 11.4. The maximum Gasteiger partial charge on any atom is 0.138 e. The predicted octanol–water partition coefficient (Wildman–Crippen LogP) is -0.0155. The molecule has 3 nitrogen and oxygen atoms in total. The summed E-state index contributed by atoms with van der Waals surface area (Å²) in [5, 5.41) is 9.60. The molecule has 5 heteroatoms. The van der Waals surface area contributed by atoms with Gasteiger partial charge in [0.05, 0.1) is 5.60 Å². The van der Waals surface area contributed by atoms with Crippen LogP contribution in [0.1, 0.15) is 20.3 Å². The van der Waals surface area contributed by atoms with Crippen molar-refractivity contribution in [3.8, 4) is 0 Å². The van der Waals surface area contributed by atoms with Crippen LogP contribution in [-0.2, 0) is 21.6 Å². The van der Waals surface area contributed by atoms with Gasteiger partial charge < -0.3 is 5.11 Å². The van der Waals surface area contributed by atoms with Gasteiger partial charge in [-0.2, -0.15) is 0 Å². The van der Waals surface area contributed by atoms with E-state index in [1.165, 1.54) is 0 Å². The minimum absolute atomic E-state index is 0.564. The fourth-order valence-corrected chi connectivity index (χ4v) is 5.61. The fourth-order valence-electron chi connectivity index (χ4n) is 1.32. The van der Waals surface area contributed by atoms with E-state index in [-0.39, 0.29) is 0 Å². The second kappa shape index (κ2) is 3.55. The lowest BCUT2D eigenvalue weighted by atomic mass is 10.2. The van der Waals surface area contributed by atoms with Gasteiger partial charge in [-0.25, -0.2) is 0 Å². The van der Waals surface area contributed by atoms with Crippen molar-refractivity contribution in [1.82, 2.24) is 0 Å². The Bertz CT molecular complexity index is 203. The molecule has 0 aliphatic carbocycles. The number of hydrogen-bond donors (Lipinski definition) is 1. The maximum absolute atomic E-state index is 11.4. The molecule has 0 aromatic heterocycles. The monoisotopic (exact) mass is 210 g/mol. The molecule has 1 fully saturated rings. The summed E-state index contributed by atoms with van der Waals surface area (Å²) in [6.07, 6.45) is 0.742. The quantitative estimate of drug-likeness (QED) is 0.662. The van der Waals surface area contributed by atoms with E-state index in [9.17, 15) is 13.5 Å². The molecule has 1 rings (SSSR count). The molecule has 0 spiro atoms. The van der Waals surface area contributed by atoms with Crippen molar-refractivity contribution >= 4 is 21.6 Å². The highest BCUT2D eigenvalue weighted by Crippen LogP contribution is 2.23. The van der Waals surface area contributed by atoms with E-state index in [1.807, 2.05) is 0 Å². The molecule has 72 valence electrons. The second-order valence-electron chi connectivity index (χ2n) is 3.51. The highest BCUT2D eigenvalue weighted by Gasteiger charge is 2.39. The highest BCUT2D eigenvalue weighted by atomic mass is 32.2. The minimum atomic E-state index is -1.13. The SMILES string of the molecule is CC(C)(O)C1[S@](=O)CCC[S@]1=O. The van der Waals surface area contributed by atoms with E-state index in [2.05, 4.69) is 0 Å². The molecule has 0 aromatic carbocycles. The lowest BCUT2D eigenvalue weighted by molar-refractivity contribution is 0.0961. The molecule has 1 heterocycles. The summed E-state index contributed by atoms with van der Waals surface area (Å²) in [5.74, 6) is 1.14. The Kier molecular flexibility index (Phi) is 3.06. The standard InChI is InChI=1S/C7H14O3S2/c1-7(2,8)6-11(9)4-3-5-12(6)10/h6,8H,3-5H2,1-2H3/t11-,12-/m1/s1. The zero-order chi connectivity index (χ0) is 9.35. The molecule has 0 saturated carbocycles. The zero-order valence-electron chi connectivity index (χ0n) is 7.28. The van der Waals surface area contributed by atoms with Crippen LogP contribution in [0.2, 0.25) is 0 Å². The molecule has 0 aromatic rings. The van der Waals surface area contributed by atoms with Crippen LogP contribution in [0.3, 0.4) is 0 Å². The molecule has 12 heavy (non-hydrogen) atoms. The first-order valence-corrected chi connectivity index (χ1v) is 6.66. The molecule has 1 saturated heterocycles. The molecule has 2 atom stereocenters. The van der Waals surface area contributed by atoms with Gasteiger partial charge in [-0.3, -0.25) is 8.42 Å². The first-order chi connectivity index (χ1) is 5.43. The van der Waals surface area contributed by atoms with Crippen molar-refractivity contribution in [1.29, 1.82) is 0 Å². The Morgan fingerprint density at radius 3 is 1.92 bits per heavy atom. The third kappa shape index (κ3) is 2.14. The normalized spacial score (nSPS) is 33.6. The molecule has 1 aliphatic heterocycles. The smallest absolute Gasteiger partial charge is 0.138 e. The first kappa shape index (κ1) is 10.3. The molecule has 1 N–H and O–H groups in total. The highest BCUT2D eigenvalue weighted by molar-refractivity contribution is 8.03. The van der Waals surface area contributed by atoms with Gasteiger partial charge in [0.25, 0.3) is 0 Å². The first-order valence-electron chi connectivity index (χ1n) is 3.89. The molecule has 0 amide bonds. The van der Waals surface area contributed by atoms with E-state index >= 15 is 0 Å². The number of aliphatic hydroxyl groups is 1. The summed E-state index contributed by atoms with van der Waals surface area (Å²) in [6, 6.07) is 0. The lowest BCUT2D eigenvalue weighted by Gasteiger charge is -2.30. The van der Waals surface area contributed by atoms with Gasteiger partial charge >= 0.3 is 0 Å². The molecular formula is C7H14O3S2. The zero-order valence-corrected chi connectivity index (χ0v) is 8.91. The molecule has 0 radical (unpaired) electrons. The number of hydrogen-bond acceptors (Lipinski definition) is 3. The van der Waals surface area contributed by atoms with Crippen LogP contribution in [0.4, 0.5) is 0 Å². The van der Waals surface area contributed by atoms with Crippen molar-refractivity contribution in [3.63, 3.8) is 0 Å². The summed E-state index contributed by atoms with van der Waals surface area (Å²) in [4.78, 5) is 0. The van der Waals surface area contributed by atoms with Crippen LogP contribution in [0.15, 0.2) is 0 Å². The van der Waals surface area contributed by atoms with Gasteiger partial charge in [0.1, 0.15) is 4.58 Å². The Morgan fingerprint density at radius 2 is 1.67 bits per heavy atom. The van der Waals surface area contributed by atoms with Crippen LogP contribution in [-0.4, -0.2) is 35.2 Å². The van der Waals surface area contributed by atoms with Crippen molar-refractivity contribution < 1.29 is 13.5 Å². The summed E-state index contributed by atoms with van der Waals surface area (Å²) in [5.41, 5.74) is -1.09. The third-order valence-electron chi connectivity index (χ3n) is 1.75. The largest absolute Gasteiger partial charge is 0.388 e.